The van der Waals surface area contributed by atoms with Crippen molar-refractivity contribution >= 4 is 11.9 Å². The lowest BCUT2D eigenvalue weighted by Crippen LogP contribution is -2.44. The fraction of sp³-hybridized carbons (Fsp3) is 0.818. The van der Waals surface area contributed by atoms with Crippen LogP contribution in [0.15, 0.2) is 0 Å². The van der Waals surface area contributed by atoms with Gasteiger partial charge in [0.25, 0.3) is 0 Å². The predicted molar refractivity (Wildman–Crippen MR) is 52.1 cm³/mol. The molecule has 2 N–H and O–H groups in total. The number of hydrogen-bond acceptors (Lipinski definition) is 2. The first-order valence-corrected chi connectivity index (χ1v) is 5.69. The molecule has 15 heavy (non-hydrogen) atoms. The zero-order chi connectivity index (χ0) is 10.6. The molecule has 2 atom stereocenters. The standard InChI is InChI=1S/C11H15NO3/c13-9(8-6-2-1-3-7(6)8)12-11(4-5-11)10(14)15/h6-8H,1-5H2,(H,12,13)(H,14,15). The number of amides is 1. The number of carbonyl (C=O) groups excluding carboxylic acids is 1. The number of fused-ring (bicyclic) bond motifs is 1. The SMILES string of the molecule is O=C(NC1(C(=O)O)CC1)C1C2CCCC21. The number of hydrogen-bond donors (Lipinski definition) is 2. The van der Waals surface area contributed by atoms with Gasteiger partial charge in [0.2, 0.25) is 5.91 Å². The number of rotatable bonds is 3. The first-order chi connectivity index (χ1) is 7.14. The van der Waals surface area contributed by atoms with Crippen molar-refractivity contribution < 1.29 is 14.7 Å². The highest BCUT2D eigenvalue weighted by atomic mass is 16.4. The van der Waals surface area contributed by atoms with E-state index in [0.717, 1.165) is 12.8 Å². The molecule has 3 saturated carbocycles. The van der Waals surface area contributed by atoms with E-state index in [9.17, 15) is 9.59 Å². The Labute approximate surface area is 88.0 Å². The molecule has 3 fully saturated rings. The predicted octanol–water partition coefficient (Wildman–Crippen LogP) is 0.766. The molecule has 0 radical (unpaired) electrons. The molecule has 4 heteroatoms. The van der Waals surface area contributed by atoms with E-state index in [1.807, 2.05) is 0 Å². The zero-order valence-corrected chi connectivity index (χ0v) is 8.53. The third-order valence-corrected chi connectivity index (χ3v) is 4.23. The average Bonchev–Trinajstić information content (AvgIpc) is 3.06. The summed E-state index contributed by atoms with van der Waals surface area (Å²) in [6.07, 6.45) is 4.74. The van der Waals surface area contributed by atoms with Crippen molar-refractivity contribution in [3.05, 3.63) is 0 Å². The third kappa shape index (κ3) is 1.27. The summed E-state index contributed by atoms with van der Waals surface area (Å²) in [7, 11) is 0. The highest BCUT2D eigenvalue weighted by molar-refractivity contribution is 5.91. The molecule has 3 aliphatic rings. The quantitative estimate of drug-likeness (QED) is 0.721. The molecular formula is C11H15NO3. The number of carbonyl (C=O) groups is 2. The van der Waals surface area contributed by atoms with Gasteiger partial charge in [0, 0.05) is 5.92 Å². The maximum absolute atomic E-state index is 11.8. The van der Waals surface area contributed by atoms with Crippen molar-refractivity contribution in [2.75, 3.05) is 0 Å². The van der Waals surface area contributed by atoms with Gasteiger partial charge in [-0.25, -0.2) is 4.79 Å². The van der Waals surface area contributed by atoms with Crippen LogP contribution in [-0.4, -0.2) is 22.5 Å². The van der Waals surface area contributed by atoms with Gasteiger partial charge in [-0.1, -0.05) is 6.42 Å². The molecule has 0 aromatic carbocycles. The van der Waals surface area contributed by atoms with Gasteiger partial charge >= 0.3 is 5.97 Å². The average molecular weight is 209 g/mol. The maximum Gasteiger partial charge on any atom is 0.329 e. The van der Waals surface area contributed by atoms with Crippen LogP contribution in [-0.2, 0) is 9.59 Å². The van der Waals surface area contributed by atoms with Crippen molar-refractivity contribution in [2.24, 2.45) is 17.8 Å². The fourth-order valence-electron chi connectivity index (χ4n) is 3.05. The third-order valence-electron chi connectivity index (χ3n) is 4.23. The molecule has 0 saturated heterocycles. The zero-order valence-electron chi connectivity index (χ0n) is 8.53. The van der Waals surface area contributed by atoms with Crippen LogP contribution in [0, 0.1) is 17.8 Å². The van der Waals surface area contributed by atoms with Crippen LogP contribution < -0.4 is 5.32 Å². The van der Waals surface area contributed by atoms with E-state index in [-0.39, 0.29) is 11.8 Å². The van der Waals surface area contributed by atoms with Crippen molar-refractivity contribution in [3.63, 3.8) is 0 Å². The van der Waals surface area contributed by atoms with Gasteiger partial charge in [-0.2, -0.15) is 0 Å². The molecule has 0 spiro atoms. The van der Waals surface area contributed by atoms with E-state index in [4.69, 9.17) is 5.11 Å². The molecule has 0 aliphatic heterocycles. The lowest BCUT2D eigenvalue weighted by atomic mass is 10.1. The van der Waals surface area contributed by atoms with E-state index >= 15 is 0 Å². The van der Waals surface area contributed by atoms with Crippen molar-refractivity contribution in [3.8, 4) is 0 Å². The van der Waals surface area contributed by atoms with Crippen LogP contribution in [0.2, 0.25) is 0 Å². The Balaban J connectivity index is 1.61. The Kier molecular flexibility index (Phi) is 1.68. The van der Waals surface area contributed by atoms with Crippen molar-refractivity contribution in [2.45, 2.75) is 37.6 Å². The van der Waals surface area contributed by atoms with Gasteiger partial charge in [0.1, 0.15) is 5.54 Å². The Morgan fingerprint density at radius 1 is 1.20 bits per heavy atom. The number of carboxylic acid groups (broad SMARTS) is 1. The summed E-state index contributed by atoms with van der Waals surface area (Å²) in [4.78, 5) is 22.7. The Morgan fingerprint density at radius 3 is 2.27 bits per heavy atom. The minimum atomic E-state index is -0.895. The van der Waals surface area contributed by atoms with Crippen LogP contribution in [0.5, 0.6) is 0 Å². The Morgan fingerprint density at radius 2 is 1.80 bits per heavy atom. The summed E-state index contributed by atoms with van der Waals surface area (Å²) in [5.74, 6) is 0.381. The molecule has 0 bridgehead atoms. The smallest absolute Gasteiger partial charge is 0.329 e. The van der Waals surface area contributed by atoms with Gasteiger partial charge < -0.3 is 10.4 Å². The second-order valence-electron chi connectivity index (χ2n) is 5.16. The summed E-state index contributed by atoms with van der Waals surface area (Å²) < 4.78 is 0. The lowest BCUT2D eigenvalue weighted by molar-refractivity contribution is -0.143. The van der Waals surface area contributed by atoms with Crippen molar-refractivity contribution in [1.82, 2.24) is 5.32 Å². The number of nitrogens with one attached hydrogen (secondary N) is 1. The van der Waals surface area contributed by atoms with E-state index in [1.54, 1.807) is 0 Å². The molecule has 0 heterocycles. The first-order valence-electron chi connectivity index (χ1n) is 5.69. The normalized spacial score (nSPS) is 39.3. The fourth-order valence-corrected chi connectivity index (χ4v) is 3.05. The summed E-state index contributed by atoms with van der Waals surface area (Å²) in [5, 5.41) is 11.7. The van der Waals surface area contributed by atoms with E-state index < -0.39 is 11.5 Å². The summed E-state index contributed by atoms with van der Waals surface area (Å²) in [5.41, 5.74) is -0.895. The minimum Gasteiger partial charge on any atom is -0.480 e. The molecule has 0 aromatic rings. The molecular weight excluding hydrogens is 194 g/mol. The van der Waals surface area contributed by atoms with Crippen LogP contribution >= 0.6 is 0 Å². The maximum atomic E-state index is 11.8. The molecule has 82 valence electrons. The molecule has 3 rings (SSSR count). The molecule has 2 unspecified atom stereocenters. The number of aliphatic carboxylic acids is 1. The van der Waals surface area contributed by atoms with Gasteiger partial charge in [-0.15, -0.1) is 0 Å². The molecule has 1 amide bonds. The van der Waals surface area contributed by atoms with Crippen LogP contribution in [0.25, 0.3) is 0 Å². The first kappa shape index (κ1) is 9.19. The second kappa shape index (κ2) is 2.74. The topological polar surface area (TPSA) is 66.4 Å². The van der Waals surface area contributed by atoms with Crippen LogP contribution in [0.4, 0.5) is 0 Å². The van der Waals surface area contributed by atoms with Crippen LogP contribution in [0.3, 0.4) is 0 Å². The highest BCUT2D eigenvalue weighted by Gasteiger charge is 2.60. The van der Waals surface area contributed by atoms with E-state index in [1.165, 1.54) is 6.42 Å². The lowest BCUT2D eigenvalue weighted by Gasteiger charge is -2.13. The van der Waals surface area contributed by atoms with Gasteiger partial charge in [0.05, 0.1) is 0 Å². The largest absolute Gasteiger partial charge is 0.480 e. The number of carboxylic acids is 1. The highest BCUT2D eigenvalue weighted by Crippen LogP contribution is 2.57. The summed E-state index contributed by atoms with van der Waals surface area (Å²) in [6, 6.07) is 0. The van der Waals surface area contributed by atoms with Crippen LogP contribution in [0.1, 0.15) is 32.1 Å². The Hall–Kier alpha value is -1.06. The minimum absolute atomic E-state index is 0.00963. The van der Waals surface area contributed by atoms with Gasteiger partial charge in [0.15, 0.2) is 0 Å². The van der Waals surface area contributed by atoms with E-state index in [0.29, 0.717) is 24.7 Å². The molecule has 0 aromatic heterocycles. The monoisotopic (exact) mass is 209 g/mol. The van der Waals surface area contributed by atoms with Gasteiger partial charge in [-0.3, -0.25) is 4.79 Å². The molecule has 3 aliphatic carbocycles. The summed E-state index contributed by atoms with van der Waals surface area (Å²) in [6.45, 7) is 0. The molecule has 4 nitrogen and oxygen atoms in total. The second-order valence-corrected chi connectivity index (χ2v) is 5.16. The van der Waals surface area contributed by atoms with Gasteiger partial charge in [-0.05, 0) is 37.5 Å². The summed E-state index contributed by atoms with van der Waals surface area (Å²) >= 11 is 0. The Bertz CT molecular complexity index is 325. The van der Waals surface area contributed by atoms with Crippen molar-refractivity contribution in [1.29, 1.82) is 0 Å². The van der Waals surface area contributed by atoms with E-state index in [2.05, 4.69) is 5.32 Å².